The second-order valence-corrected chi connectivity index (χ2v) is 16.3. The molecule has 0 amide bonds. The van der Waals surface area contributed by atoms with E-state index >= 15 is 0 Å². The molecule has 12 heteroatoms. The van der Waals surface area contributed by atoms with Crippen LogP contribution in [-0.4, -0.2) is 64.1 Å². The van der Waals surface area contributed by atoms with Crippen LogP contribution in [0.1, 0.15) is 52.9 Å². The Balaban J connectivity index is 0.000000405. The summed E-state index contributed by atoms with van der Waals surface area (Å²) in [7, 11) is -4.92. The largest absolute Gasteiger partial charge is 0.366 e. The number of alkyl halides is 1. The van der Waals surface area contributed by atoms with Gasteiger partial charge in [0.2, 0.25) is 0 Å². The van der Waals surface area contributed by atoms with Crippen molar-refractivity contribution in [2.45, 2.75) is 64.0 Å². The Morgan fingerprint density at radius 2 is 1.45 bits per heavy atom. The van der Waals surface area contributed by atoms with Gasteiger partial charge in [0, 0.05) is 25.4 Å². The summed E-state index contributed by atoms with van der Waals surface area (Å²) in [5.41, 5.74) is 7.01. The highest BCUT2D eigenvalue weighted by molar-refractivity contribution is 7.92. The molecule has 0 aliphatic rings. The van der Waals surface area contributed by atoms with Gasteiger partial charge in [-0.05, 0) is 81.6 Å². The van der Waals surface area contributed by atoms with E-state index in [0.29, 0.717) is 17.0 Å². The van der Waals surface area contributed by atoms with Gasteiger partial charge in [0.1, 0.15) is 5.75 Å². The zero-order valence-corrected chi connectivity index (χ0v) is 30.2. The average molecular weight is 718 g/mol. The minimum atomic E-state index is -3.52. The lowest BCUT2D eigenvalue weighted by Crippen LogP contribution is -2.17. The van der Waals surface area contributed by atoms with Crippen LogP contribution in [0.2, 0.25) is 0 Å². The number of carbonyl (C=O) groups is 1. The number of carbonyl (C=O) groups excluding carboxylic acids is 1. The van der Waals surface area contributed by atoms with Gasteiger partial charge in [0.15, 0.2) is 25.5 Å². The fourth-order valence-corrected chi connectivity index (χ4v) is 7.82. The molecule has 0 N–H and O–H groups in total. The number of aryl methyl sites for hydroxylation is 4. The summed E-state index contributed by atoms with van der Waals surface area (Å²) in [4.78, 5) is 22.7. The first-order valence-electron chi connectivity index (χ1n) is 14.6. The molecule has 0 aliphatic carbocycles. The van der Waals surface area contributed by atoms with Gasteiger partial charge in [-0.15, -0.1) is 22.9 Å². The lowest BCUT2D eigenvalue weighted by Gasteiger charge is -2.11. The van der Waals surface area contributed by atoms with Crippen LogP contribution in [0.15, 0.2) is 80.8 Å². The van der Waals surface area contributed by atoms with Crippen molar-refractivity contribution in [3.05, 3.63) is 105 Å². The number of hydrogen-bond donors (Lipinski definition) is 0. The normalized spacial score (nSPS) is 11.5. The van der Waals surface area contributed by atoms with Gasteiger partial charge in [-0.1, -0.05) is 48.9 Å². The second-order valence-electron chi connectivity index (χ2n) is 11.1. The van der Waals surface area contributed by atoms with E-state index in [1.54, 1.807) is 24.3 Å². The molecule has 1 heterocycles. The van der Waals surface area contributed by atoms with Gasteiger partial charge in [-0.2, -0.15) is 0 Å². The molecule has 0 saturated carbocycles. The van der Waals surface area contributed by atoms with Gasteiger partial charge >= 0.3 is 0 Å². The molecule has 254 valence electrons. The number of hydrogen-bond acceptors (Lipinski definition) is 8. The third-order valence-electron chi connectivity index (χ3n) is 7.09. The summed E-state index contributed by atoms with van der Waals surface area (Å²) in [5, 5.41) is 2.77. The molecule has 1 aromatic heterocycles. The maximum Gasteiger partial charge on any atom is 0.185 e. The van der Waals surface area contributed by atoms with Crippen molar-refractivity contribution in [3.8, 4) is 0 Å². The zero-order chi connectivity index (χ0) is 34.1. The Bertz CT molecular complexity index is 1890. The van der Waals surface area contributed by atoms with Crippen molar-refractivity contribution in [1.29, 1.82) is 0 Å². The molecular weight excluding hydrogens is 674 g/mol. The molecule has 0 unspecified atom stereocenters. The molecule has 0 atom stereocenters. The van der Waals surface area contributed by atoms with Gasteiger partial charge in [-0.3, -0.25) is 4.79 Å². The minimum absolute atomic E-state index is 0. The molecule has 4 rings (SSSR count). The van der Waals surface area contributed by atoms with Crippen molar-refractivity contribution < 1.29 is 21.6 Å². The second kappa shape index (κ2) is 17.7. The first-order valence-corrected chi connectivity index (χ1v) is 19.3. The molecular formula is C35H44ClN3O5S3. The van der Waals surface area contributed by atoms with Crippen molar-refractivity contribution in [2.75, 3.05) is 25.2 Å². The summed E-state index contributed by atoms with van der Waals surface area (Å²) in [5.74, 6) is -1.37. The number of halogens is 1. The maximum absolute atomic E-state index is 12.7. The molecule has 0 spiro atoms. The molecule has 4 aromatic rings. The minimum Gasteiger partial charge on any atom is -0.366 e. The first kappa shape index (κ1) is 39.8. The predicted octanol–water partition coefficient (Wildman–Crippen LogP) is 7.46. The van der Waals surface area contributed by atoms with E-state index in [1.165, 1.54) is 29.0 Å². The van der Waals surface area contributed by atoms with E-state index in [0.717, 1.165) is 39.5 Å². The molecule has 0 bridgehead atoms. The SMILES string of the molecule is C.CCN(C)C=Nc1cc(C)c(Cc2nc(CS(=O)(=O)c3ccc(C)cc3)cs2)cc1C.Cc1ccc(S(=O)(=O)CC(=O)CCl)cc1. The molecule has 47 heavy (non-hydrogen) atoms. The highest BCUT2D eigenvalue weighted by atomic mass is 35.5. The van der Waals surface area contributed by atoms with Crippen molar-refractivity contribution in [1.82, 2.24) is 9.88 Å². The van der Waals surface area contributed by atoms with Gasteiger partial charge in [0.25, 0.3) is 0 Å². The molecule has 0 fully saturated rings. The third-order valence-corrected chi connectivity index (χ3v) is 11.6. The van der Waals surface area contributed by atoms with Crippen LogP contribution in [0.3, 0.4) is 0 Å². The topological polar surface area (TPSA) is 114 Å². The fourth-order valence-electron chi connectivity index (χ4n) is 4.20. The highest BCUT2D eigenvalue weighted by Gasteiger charge is 2.19. The van der Waals surface area contributed by atoms with Gasteiger partial charge in [0.05, 0.1) is 44.2 Å². The number of sulfone groups is 2. The Labute approximate surface area is 289 Å². The number of thiazole rings is 1. The van der Waals surface area contributed by atoms with Crippen LogP contribution in [0.4, 0.5) is 5.69 Å². The molecule has 0 radical (unpaired) electrons. The monoisotopic (exact) mass is 717 g/mol. The quantitative estimate of drug-likeness (QED) is 0.0849. The van der Waals surface area contributed by atoms with Crippen LogP contribution in [0.25, 0.3) is 0 Å². The summed E-state index contributed by atoms with van der Waals surface area (Å²) in [6.07, 6.45) is 2.53. The smallest absolute Gasteiger partial charge is 0.185 e. The van der Waals surface area contributed by atoms with Crippen LogP contribution in [0.5, 0.6) is 0 Å². The number of benzene rings is 3. The number of aromatic nitrogens is 1. The number of rotatable bonds is 12. The predicted molar refractivity (Wildman–Crippen MR) is 195 cm³/mol. The Morgan fingerprint density at radius 1 is 0.894 bits per heavy atom. The Hall–Kier alpha value is -3.38. The van der Waals surface area contributed by atoms with E-state index in [2.05, 4.69) is 42.9 Å². The van der Waals surface area contributed by atoms with Gasteiger partial charge < -0.3 is 4.90 Å². The number of Topliss-reactive ketones (excluding diaryl/α,β-unsaturated/α-hetero) is 1. The van der Waals surface area contributed by atoms with E-state index in [1.807, 2.05) is 49.6 Å². The molecule has 0 aliphatic heterocycles. The summed E-state index contributed by atoms with van der Waals surface area (Å²) in [6.45, 7) is 10.9. The van der Waals surface area contributed by atoms with Crippen LogP contribution < -0.4 is 0 Å². The van der Waals surface area contributed by atoms with Crippen molar-refractivity contribution in [2.24, 2.45) is 4.99 Å². The number of aliphatic imine (C=N–C) groups is 1. The zero-order valence-electron chi connectivity index (χ0n) is 26.9. The van der Waals surface area contributed by atoms with E-state index in [9.17, 15) is 21.6 Å². The van der Waals surface area contributed by atoms with Crippen LogP contribution in [0, 0.1) is 27.7 Å². The van der Waals surface area contributed by atoms with Gasteiger partial charge in [-0.25, -0.2) is 26.8 Å². The van der Waals surface area contributed by atoms with Crippen LogP contribution in [-0.2, 0) is 36.6 Å². The lowest BCUT2D eigenvalue weighted by molar-refractivity contribution is -0.114. The number of nitrogens with zero attached hydrogens (tertiary/aromatic N) is 3. The molecule has 3 aromatic carbocycles. The van der Waals surface area contributed by atoms with Crippen LogP contribution >= 0.6 is 22.9 Å². The van der Waals surface area contributed by atoms with Crippen molar-refractivity contribution >= 4 is 60.4 Å². The summed E-state index contributed by atoms with van der Waals surface area (Å²) >= 11 is 6.76. The Kier molecular flexibility index (Phi) is 15.0. The average Bonchev–Trinajstić information content (AvgIpc) is 3.44. The molecule has 8 nitrogen and oxygen atoms in total. The van der Waals surface area contributed by atoms with E-state index < -0.39 is 31.2 Å². The fraction of sp³-hybridized carbons (Fsp3) is 0.343. The standard InChI is InChI=1S/C24H29N3O2S2.C10H11ClO3S.CH4/c1-6-27(5)16-25-23-12-18(3)20(11-19(23)4)13-24-26-21(14-30-24)15-31(28,29)22-9-7-17(2)8-10-22;1-8-2-4-10(5-3-8)15(13,14)7-9(12)6-11;/h7-12,14,16H,6,13,15H2,1-5H3;2-5H,6-7H2,1H3;1H4. The molecule has 0 saturated heterocycles. The summed E-state index contributed by atoms with van der Waals surface area (Å²) in [6, 6.07) is 17.6. The first-order chi connectivity index (χ1) is 21.6. The number of ketones is 1. The van der Waals surface area contributed by atoms with E-state index in [-0.39, 0.29) is 24.0 Å². The van der Waals surface area contributed by atoms with Crippen molar-refractivity contribution in [3.63, 3.8) is 0 Å². The highest BCUT2D eigenvalue weighted by Crippen LogP contribution is 2.26. The summed E-state index contributed by atoms with van der Waals surface area (Å²) < 4.78 is 48.7. The van der Waals surface area contributed by atoms with E-state index in [4.69, 9.17) is 11.6 Å². The Morgan fingerprint density at radius 3 is 1.98 bits per heavy atom. The lowest BCUT2D eigenvalue weighted by atomic mass is 10.0. The third kappa shape index (κ3) is 12.0. The maximum atomic E-state index is 12.7.